The van der Waals surface area contributed by atoms with Crippen molar-refractivity contribution in [2.24, 2.45) is 0 Å². The van der Waals surface area contributed by atoms with Gasteiger partial charge in [-0.3, -0.25) is 9.88 Å². The van der Waals surface area contributed by atoms with Gasteiger partial charge >= 0.3 is 0 Å². The van der Waals surface area contributed by atoms with E-state index in [9.17, 15) is 4.39 Å². The molecule has 2 heterocycles. The first-order valence-electron chi connectivity index (χ1n) is 5.27. The number of pyridine rings is 1. The highest BCUT2D eigenvalue weighted by atomic mass is 35.5. The van der Waals surface area contributed by atoms with Crippen LogP contribution in [0.4, 0.5) is 4.39 Å². The van der Waals surface area contributed by atoms with Gasteiger partial charge in [-0.15, -0.1) is 11.6 Å². The lowest BCUT2D eigenvalue weighted by molar-refractivity contribution is -0.00311. The van der Waals surface area contributed by atoms with Crippen molar-refractivity contribution < 1.29 is 9.13 Å². The molecule has 1 aromatic heterocycles. The quantitative estimate of drug-likeness (QED) is 0.757. The third-order valence-corrected chi connectivity index (χ3v) is 3.03. The van der Waals surface area contributed by atoms with Crippen LogP contribution in [0.3, 0.4) is 0 Å². The molecule has 88 valence electrons. The number of alkyl halides is 1. The number of morpholine rings is 1. The van der Waals surface area contributed by atoms with Crippen LogP contribution in [-0.4, -0.2) is 41.6 Å². The Labute approximate surface area is 99.2 Å². The molecule has 1 aromatic rings. The minimum atomic E-state index is -0.298. The Morgan fingerprint density at radius 2 is 2.44 bits per heavy atom. The standard InChI is InChI=1S/C11H14ClFN2O/c12-4-11-8-16-2-1-15(11)7-9-3-10(13)6-14-5-9/h3,5-6,11H,1-2,4,7-8H2. The Bertz CT molecular complexity index is 351. The molecular formula is C11H14ClFN2O. The van der Waals surface area contributed by atoms with Gasteiger partial charge in [0.1, 0.15) is 5.82 Å². The lowest BCUT2D eigenvalue weighted by Crippen LogP contribution is -2.45. The normalized spacial score (nSPS) is 22.2. The molecule has 1 saturated heterocycles. The monoisotopic (exact) mass is 244 g/mol. The summed E-state index contributed by atoms with van der Waals surface area (Å²) in [4.78, 5) is 6.04. The van der Waals surface area contributed by atoms with Gasteiger partial charge in [-0.25, -0.2) is 4.39 Å². The summed E-state index contributed by atoms with van der Waals surface area (Å²) >= 11 is 5.86. The molecule has 1 atom stereocenters. The maximum absolute atomic E-state index is 13.0. The summed E-state index contributed by atoms with van der Waals surface area (Å²) in [7, 11) is 0. The molecule has 1 fully saturated rings. The molecular weight excluding hydrogens is 231 g/mol. The lowest BCUT2D eigenvalue weighted by atomic mass is 10.2. The van der Waals surface area contributed by atoms with Gasteiger partial charge in [-0.2, -0.15) is 0 Å². The van der Waals surface area contributed by atoms with Crippen LogP contribution in [0.2, 0.25) is 0 Å². The highest BCUT2D eigenvalue weighted by Gasteiger charge is 2.22. The van der Waals surface area contributed by atoms with E-state index >= 15 is 0 Å². The van der Waals surface area contributed by atoms with Crippen molar-refractivity contribution in [3.05, 3.63) is 29.8 Å². The van der Waals surface area contributed by atoms with Gasteiger partial charge in [-0.05, 0) is 11.6 Å². The number of ether oxygens (including phenoxy) is 1. The Hall–Kier alpha value is -0.710. The van der Waals surface area contributed by atoms with Crippen molar-refractivity contribution >= 4 is 11.6 Å². The molecule has 0 bridgehead atoms. The third kappa shape index (κ3) is 2.90. The van der Waals surface area contributed by atoms with Crippen LogP contribution in [0.15, 0.2) is 18.5 Å². The van der Waals surface area contributed by atoms with E-state index in [2.05, 4.69) is 9.88 Å². The van der Waals surface area contributed by atoms with Crippen LogP contribution < -0.4 is 0 Å². The molecule has 0 N–H and O–H groups in total. The van der Waals surface area contributed by atoms with E-state index in [1.54, 1.807) is 6.20 Å². The summed E-state index contributed by atoms with van der Waals surface area (Å²) in [5, 5.41) is 0. The largest absolute Gasteiger partial charge is 0.378 e. The predicted molar refractivity (Wildman–Crippen MR) is 59.9 cm³/mol. The molecule has 16 heavy (non-hydrogen) atoms. The van der Waals surface area contributed by atoms with Crippen molar-refractivity contribution in [3.63, 3.8) is 0 Å². The summed E-state index contributed by atoms with van der Waals surface area (Å²) in [5.74, 6) is 0.233. The molecule has 0 saturated carbocycles. The highest BCUT2D eigenvalue weighted by Crippen LogP contribution is 2.13. The van der Waals surface area contributed by atoms with E-state index in [4.69, 9.17) is 16.3 Å². The minimum Gasteiger partial charge on any atom is -0.378 e. The van der Waals surface area contributed by atoms with Crippen LogP contribution in [0.1, 0.15) is 5.56 Å². The number of rotatable bonds is 3. The van der Waals surface area contributed by atoms with Gasteiger partial charge < -0.3 is 4.74 Å². The van der Waals surface area contributed by atoms with E-state index in [-0.39, 0.29) is 11.9 Å². The van der Waals surface area contributed by atoms with Crippen LogP contribution >= 0.6 is 11.6 Å². The maximum atomic E-state index is 13.0. The zero-order valence-electron chi connectivity index (χ0n) is 8.90. The SMILES string of the molecule is Fc1cncc(CN2CCOCC2CCl)c1. The molecule has 0 aliphatic carbocycles. The number of hydrogen-bond donors (Lipinski definition) is 0. The van der Waals surface area contributed by atoms with Gasteiger partial charge in [0.15, 0.2) is 0 Å². The molecule has 1 unspecified atom stereocenters. The number of hydrogen-bond acceptors (Lipinski definition) is 3. The minimum absolute atomic E-state index is 0.207. The average Bonchev–Trinajstić information content (AvgIpc) is 2.30. The van der Waals surface area contributed by atoms with Crippen LogP contribution in [-0.2, 0) is 11.3 Å². The highest BCUT2D eigenvalue weighted by molar-refractivity contribution is 6.18. The second kappa shape index (κ2) is 5.57. The summed E-state index contributed by atoms with van der Waals surface area (Å²) in [6, 6.07) is 1.71. The van der Waals surface area contributed by atoms with Gasteiger partial charge in [-0.1, -0.05) is 0 Å². The predicted octanol–water partition coefficient (Wildman–Crippen LogP) is 1.66. The molecule has 1 aliphatic rings. The zero-order chi connectivity index (χ0) is 11.4. The smallest absolute Gasteiger partial charge is 0.141 e. The summed E-state index contributed by atoms with van der Waals surface area (Å²) in [5.41, 5.74) is 0.872. The molecule has 0 spiro atoms. The number of halogens is 2. The zero-order valence-corrected chi connectivity index (χ0v) is 9.66. The number of aromatic nitrogens is 1. The summed E-state index contributed by atoms with van der Waals surface area (Å²) in [6.45, 7) is 2.85. The van der Waals surface area contributed by atoms with E-state index < -0.39 is 0 Å². The fourth-order valence-electron chi connectivity index (χ4n) is 1.82. The van der Waals surface area contributed by atoms with E-state index in [1.165, 1.54) is 12.3 Å². The summed E-state index contributed by atoms with van der Waals surface area (Å²) in [6.07, 6.45) is 2.89. The third-order valence-electron chi connectivity index (χ3n) is 2.67. The summed E-state index contributed by atoms with van der Waals surface area (Å²) < 4.78 is 18.3. The Kier molecular flexibility index (Phi) is 4.09. The maximum Gasteiger partial charge on any atom is 0.141 e. The molecule has 0 radical (unpaired) electrons. The fourth-order valence-corrected chi connectivity index (χ4v) is 2.10. The number of nitrogens with zero attached hydrogens (tertiary/aromatic N) is 2. The fraction of sp³-hybridized carbons (Fsp3) is 0.545. The lowest BCUT2D eigenvalue weighted by Gasteiger charge is -2.34. The molecule has 3 nitrogen and oxygen atoms in total. The van der Waals surface area contributed by atoms with Gasteiger partial charge in [0.2, 0.25) is 0 Å². The van der Waals surface area contributed by atoms with Gasteiger partial charge in [0, 0.05) is 31.2 Å². The molecule has 2 rings (SSSR count). The molecule has 0 aromatic carbocycles. The molecule has 1 aliphatic heterocycles. The van der Waals surface area contributed by atoms with Gasteiger partial charge in [0.05, 0.1) is 19.4 Å². The Balaban J connectivity index is 2.02. The van der Waals surface area contributed by atoms with Crippen LogP contribution in [0, 0.1) is 5.82 Å². The van der Waals surface area contributed by atoms with E-state index in [1.807, 2.05) is 0 Å². The van der Waals surface area contributed by atoms with Crippen LogP contribution in [0.5, 0.6) is 0 Å². The topological polar surface area (TPSA) is 25.4 Å². The van der Waals surface area contributed by atoms with Crippen molar-refractivity contribution in [1.82, 2.24) is 9.88 Å². The molecule has 5 heteroatoms. The molecule has 0 amide bonds. The van der Waals surface area contributed by atoms with E-state index in [0.717, 1.165) is 12.1 Å². The first-order valence-corrected chi connectivity index (χ1v) is 5.80. The van der Waals surface area contributed by atoms with E-state index in [0.29, 0.717) is 25.6 Å². The Morgan fingerprint density at radius 1 is 1.56 bits per heavy atom. The van der Waals surface area contributed by atoms with Crippen molar-refractivity contribution in [2.45, 2.75) is 12.6 Å². The Morgan fingerprint density at radius 3 is 3.19 bits per heavy atom. The second-order valence-electron chi connectivity index (χ2n) is 3.86. The van der Waals surface area contributed by atoms with Crippen molar-refractivity contribution in [2.75, 3.05) is 25.6 Å². The first-order chi connectivity index (χ1) is 7.79. The van der Waals surface area contributed by atoms with Gasteiger partial charge in [0.25, 0.3) is 0 Å². The average molecular weight is 245 g/mol. The van der Waals surface area contributed by atoms with Crippen molar-refractivity contribution in [3.8, 4) is 0 Å². The van der Waals surface area contributed by atoms with Crippen molar-refractivity contribution in [1.29, 1.82) is 0 Å². The first kappa shape index (κ1) is 11.8. The second-order valence-corrected chi connectivity index (χ2v) is 4.17. The van der Waals surface area contributed by atoms with Crippen LogP contribution in [0.25, 0.3) is 0 Å².